The van der Waals surface area contributed by atoms with Gasteiger partial charge in [-0.3, -0.25) is 15.3 Å². The minimum atomic E-state index is -0.243. The normalized spacial score (nSPS) is 25.9. The highest BCUT2D eigenvalue weighted by molar-refractivity contribution is 5.99. The van der Waals surface area contributed by atoms with Crippen molar-refractivity contribution in [2.45, 2.75) is 25.7 Å². The van der Waals surface area contributed by atoms with E-state index in [4.69, 9.17) is 5.41 Å². The average molecular weight is 402 g/mol. The van der Waals surface area contributed by atoms with E-state index in [0.717, 1.165) is 56.4 Å². The molecular formula is C24H27N5O. The molecule has 2 aliphatic heterocycles. The second kappa shape index (κ2) is 7.59. The van der Waals surface area contributed by atoms with Gasteiger partial charge in [0.25, 0.3) is 5.91 Å². The second-order valence-corrected chi connectivity index (χ2v) is 8.65. The molecule has 30 heavy (non-hydrogen) atoms. The number of allylic oxidation sites excluding steroid dienone is 1. The van der Waals surface area contributed by atoms with E-state index in [9.17, 15) is 4.79 Å². The standard InChI is InChI=1S/C24H27N5O/c25-23-24(13-20(14-24)21-15-26-27-16-21)9-12-29(23)17-18-5-4-10-28(11-8-18)22(30)19-6-2-1-3-7-19/h1-3,6-7,9,12-13,15-16,18,25H,4-5,8,10-11,14,17H2,(H,26,27). The van der Waals surface area contributed by atoms with Gasteiger partial charge in [0, 0.05) is 43.2 Å². The number of nitrogens with one attached hydrogen (secondary N) is 2. The van der Waals surface area contributed by atoms with Crippen molar-refractivity contribution in [3.05, 3.63) is 72.2 Å². The number of H-pyrrole nitrogens is 1. The van der Waals surface area contributed by atoms with Gasteiger partial charge < -0.3 is 9.80 Å². The van der Waals surface area contributed by atoms with Crippen molar-refractivity contribution in [1.29, 1.82) is 5.41 Å². The maximum Gasteiger partial charge on any atom is 0.253 e. The van der Waals surface area contributed by atoms with E-state index >= 15 is 0 Å². The quantitative estimate of drug-likeness (QED) is 0.815. The van der Waals surface area contributed by atoms with Gasteiger partial charge >= 0.3 is 0 Å². The Morgan fingerprint density at radius 3 is 2.83 bits per heavy atom. The predicted octanol–water partition coefficient (Wildman–Crippen LogP) is 3.93. The molecule has 2 unspecified atom stereocenters. The van der Waals surface area contributed by atoms with E-state index < -0.39 is 0 Å². The molecule has 2 aromatic rings. The van der Waals surface area contributed by atoms with Crippen LogP contribution in [0.2, 0.25) is 0 Å². The van der Waals surface area contributed by atoms with Crippen molar-refractivity contribution in [2.24, 2.45) is 11.3 Å². The first-order chi connectivity index (χ1) is 14.6. The first kappa shape index (κ1) is 18.9. The van der Waals surface area contributed by atoms with Gasteiger partial charge in [0.2, 0.25) is 0 Å². The molecule has 1 saturated heterocycles. The largest absolute Gasteiger partial charge is 0.339 e. The van der Waals surface area contributed by atoms with Crippen LogP contribution >= 0.6 is 0 Å². The lowest BCUT2D eigenvalue weighted by Crippen LogP contribution is -2.39. The van der Waals surface area contributed by atoms with Crippen molar-refractivity contribution < 1.29 is 4.79 Å². The number of benzene rings is 1. The van der Waals surface area contributed by atoms with Gasteiger partial charge in [0.05, 0.1) is 11.6 Å². The lowest BCUT2D eigenvalue weighted by molar-refractivity contribution is 0.0759. The molecule has 2 atom stereocenters. The topological polar surface area (TPSA) is 76.1 Å². The van der Waals surface area contributed by atoms with E-state index in [1.165, 1.54) is 5.57 Å². The summed E-state index contributed by atoms with van der Waals surface area (Å²) in [4.78, 5) is 16.9. The third-order valence-corrected chi connectivity index (χ3v) is 6.67. The Balaban J connectivity index is 1.18. The maximum absolute atomic E-state index is 12.8. The molecule has 1 spiro atoms. The van der Waals surface area contributed by atoms with Crippen LogP contribution in [0.4, 0.5) is 0 Å². The predicted molar refractivity (Wildman–Crippen MR) is 117 cm³/mol. The zero-order valence-corrected chi connectivity index (χ0v) is 17.1. The summed E-state index contributed by atoms with van der Waals surface area (Å²) >= 11 is 0. The van der Waals surface area contributed by atoms with Crippen LogP contribution in [0.1, 0.15) is 41.6 Å². The monoisotopic (exact) mass is 401 g/mol. The number of amidine groups is 1. The van der Waals surface area contributed by atoms with Gasteiger partial charge in [-0.1, -0.05) is 30.4 Å². The van der Waals surface area contributed by atoms with Crippen LogP contribution in [-0.4, -0.2) is 51.4 Å². The van der Waals surface area contributed by atoms with Crippen molar-refractivity contribution in [3.8, 4) is 0 Å². The zero-order valence-electron chi connectivity index (χ0n) is 17.1. The third-order valence-electron chi connectivity index (χ3n) is 6.67. The van der Waals surface area contributed by atoms with Gasteiger partial charge in [-0.15, -0.1) is 0 Å². The Hall–Kier alpha value is -3.15. The van der Waals surface area contributed by atoms with Crippen LogP contribution < -0.4 is 0 Å². The van der Waals surface area contributed by atoms with E-state index in [1.807, 2.05) is 47.6 Å². The van der Waals surface area contributed by atoms with E-state index in [0.29, 0.717) is 11.8 Å². The molecular weight excluding hydrogens is 374 g/mol. The summed E-state index contributed by atoms with van der Waals surface area (Å²) in [5, 5.41) is 15.6. The SMILES string of the molecule is N=C1N(CC2CCCN(C(=O)c3ccccc3)CC2)C=CC12C=C(c1cn[nH]c1)C2. The number of nitrogens with zero attached hydrogens (tertiary/aromatic N) is 3. The molecule has 0 saturated carbocycles. The number of carbonyl (C=O) groups is 1. The maximum atomic E-state index is 12.8. The lowest BCUT2D eigenvalue weighted by Gasteiger charge is -2.37. The summed E-state index contributed by atoms with van der Waals surface area (Å²) in [6.45, 7) is 2.47. The molecule has 3 aliphatic rings. The first-order valence-electron chi connectivity index (χ1n) is 10.7. The summed E-state index contributed by atoms with van der Waals surface area (Å²) in [7, 11) is 0. The third kappa shape index (κ3) is 3.36. The number of amides is 1. The highest BCUT2D eigenvalue weighted by Gasteiger charge is 2.45. The summed E-state index contributed by atoms with van der Waals surface area (Å²) in [5.41, 5.74) is 2.90. The second-order valence-electron chi connectivity index (χ2n) is 8.65. The highest BCUT2D eigenvalue weighted by atomic mass is 16.2. The van der Waals surface area contributed by atoms with E-state index in [1.54, 1.807) is 0 Å². The fraction of sp³-hybridized carbons (Fsp3) is 0.375. The molecule has 1 aromatic heterocycles. The Labute approximate surface area is 176 Å². The summed E-state index contributed by atoms with van der Waals surface area (Å²) in [6, 6.07) is 9.56. The molecule has 2 N–H and O–H groups in total. The fourth-order valence-electron chi connectivity index (χ4n) is 4.86. The number of hydrogen-bond acceptors (Lipinski definition) is 3. The smallest absolute Gasteiger partial charge is 0.253 e. The molecule has 6 nitrogen and oxygen atoms in total. The van der Waals surface area contributed by atoms with Crippen LogP contribution in [0.3, 0.4) is 0 Å². The molecule has 1 aliphatic carbocycles. The van der Waals surface area contributed by atoms with Crippen molar-refractivity contribution in [2.75, 3.05) is 19.6 Å². The molecule has 5 rings (SSSR count). The van der Waals surface area contributed by atoms with Crippen LogP contribution in [0, 0.1) is 16.7 Å². The molecule has 1 aromatic carbocycles. The summed E-state index contributed by atoms with van der Waals surface area (Å²) in [5.74, 6) is 1.31. The number of aromatic nitrogens is 2. The number of rotatable bonds is 4. The lowest BCUT2D eigenvalue weighted by atomic mass is 9.69. The van der Waals surface area contributed by atoms with Crippen molar-refractivity contribution in [3.63, 3.8) is 0 Å². The number of carbonyl (C=O) groups excluding carboxylic acids is 1. The highest BCUT2D eigenvalue weighted by Crippen LogP contribution is 2.49. The summed E-state index contributed by atoms with van der Waals surface area (Å²) in [6.07, 6.45) is 14.2. The zero-order chi connectivity index (χ0) is 20.6. The van der Waals surface area contributed by atoms with Crippen LogP contribution in [0.5, 0.6) is 0 Å². The Morgan fingerprint density at radius 1 is 1.23 bits per heavy atom. The minimum absolute atomic E-state index is 0.135. The number of hydrogen-bond donors (Lipinski definition) is 2. The van der Waals surface area contributed by atoms with E-state index in [-0.39, 0.29) is 11.3 Å². The minimum Gasteiger partial charge on any atom is -0.339 e. The summed E-state index contributed by atoms with van der Waals surface area (Å²) < 4.78 is 0. The van der Waals surface area contributed by atoms with Gasteiger partial charge in [-0.25, -0.2) is 0 Å². The van der Waals surface area contributed by atoms with Crippen LogP contribution in [-0.2, 0) is 0 Å². The van der Waals surface area contributed by atoms with Gasteiger partial charge in [0.15, 0.2) is 0 Å². The number of aromatic amines is 1. The molecule has 0 bridgehead atoms. The van der Waals surface area contributed by atoms with Crippen LogP contribution in [0.25, 0.3) is 5.57 Å². The Bertz CT molecular complexity index is 994. The molecule has 154 valence electrons. The fourth-order valence-corrected chi connectivity index (χ4v) is 4.86. The molecule has 0 radical (unpaired) electrons. The molecule has 1 fully saturated rings. The Kier molecular flexibility index (Phi) is 4.77. The van der Waals surface area contributed by atoms with E-state index in [2.05, 4.69) is 33.4 Å². The molecule has 1 amide bonds. The van der Waals surface area contributed by atoms with Crippen LogP contribution in [0.15, 0.2) is 61.1 Å². The van der Waals surface area contributed by atoms with Crippen molar-refractivity contribution in [1.82, 2.24) is 20.0 Å². The van der Waals surface area contributed by atoms with Gasteiger partial charge in [0.1, 0.15) is 5.84 Å². The number of likely N-dealkylation sites (tertiary alicyclic amines) is 1. The molecule has 6 heteroatoms. The van der Waals surface area contributed by atoms with Gasteiger partial charge in [-0.2, -0.15) is 5.10 Å². The average Bonchev–Trinajstić information content (AvgIpc) is 3.31. The van der Waals surface area contributed by atoms with Gasteiger partial charge in [-0.05, 0) is 49.3 Å². The molecule has 3 heterocycles. The Morgan fingerprint density at radius 2 is 2.07 bits per heavy atom. The van der Waals surface area contributed by atoms with Crippen molar-refractivity contribution >= 4 is 17.3 Å². The first-order valence-corrected chi connectivity index (χ1v) is 10.7.